The molecule has 0 saturated heterocycles. The average Bonchev–Trinajstić information content (AvgIpc) is 2.84. The second kappa shape index (κ2) is 6.48. The van der Waals surface area contributed by atoms with Crippen LogP contribution in [0.4, 0.5) is 0 Å². The molecule has 0 aliphatic heterocycles. The molecule has 1 heterocycles. The lowest BCUT2D eigenvalue weighted by Crippen LogP contribution is -2.32. The molecule has 1 aliphatic rings. The summed E-state index contributed by atoms with van der Waals surface area (Å²) in [7, 11) is 0. The van der Waals surface area contributed by atoms with Gasteiger partial charge in [0.2, 0.25) is 5.91 Å². The summed E-state index contributed by atoms with van der Waals surface area (Å²) in [5.41, 5.74) is 3.50. The molecule has 1 aliphatic carbocycles. The standard InChI is InChI=1S/C17H20N2O2S/c1-12-11-22-17(21)19(12)10-9-16(20)18-15-8-4-6-13-5-2-3-7-14(13)15/h2-3,5,7,11,15H,4,6,8-10H2,1H3,(H,18,20)/t15-/m1/s1. The highest BCUT2D eigenvalue weighted by Crippen LogP contribution is 2.29. The molecule has 1 amide bonds. The lowest BCUT2D eigenvalue weighted by atomic mass is 9.88. The van der Waals surface area contributed by atoms with Gasteiger partial charge in [-0.25, -0.2) is 0 Å². The Hall–Kier alpha value is -1.88. The van der Waals surface area contributed by atoms with E-state index in [1.807, 2.05) is 18.4 Å². The number of benzene rings is 1. The third-order valence-electron chi connectivity index (χ3n) is 4.24. The van der Waals surface area contributed by atoms with Crippen molar-refractivity contribution in [1.29, 1.82) is 0 Å². The van der Waals surface area contributed by atoms with Crippen LogP contribution >= 0.6 is 11.3 Å². The van der Waals surface area contributed by atoms with Crippen molar-refractivity contribution in [2.24, 2.45) is 0 Å². The van der Waals surface area contributed by atoms with Crippen LogP contribution in [0.5, 0.6) is 0 Å². The van der Waals surface area contributed by atoms with Crippen molar-refractivity contribution in [3.8, 4) is 0 Å². The van der Waals surface area contributed by atoms with Gasteiger partial charge in [0.1, 0.15) is 0 Å². The number of amides is 1. The van der Waals surface area contributed by atoms with Crippen LogP contribution in [0, 0.1) is 6.92 Å². The number of carbonyl (C=O) groups is 1. The molecule has 116 valence electrons. The Balaban J connectivity index is 1.62. The minimum Gasteiger partial charge on any atom is -0.349 e. The predicted octanol–water partition coefficient (Wildman–Crippen LogP) is 2.80. The zero-order valence-electron chi connectivity index (χ0n) is 12.7. The molecule has 1 aromatic heterocycles. The molecule has 2 aromatic rings. The smallest absolute Gasteiger partial charge is 0.307 e. The van der Waals surface area contributed by atoms with Crippen molar-refractivity contribution in [3.05, 3.63) is 56.1 Å². The molecule has 5 heteroatoms. The van der Waals surface area contributed by atoms with Gasteiger partial charge in [0.25, 0.3) is 0 Å². The molecule has 22 heavy (non-hydrogen) atoms. The van der Waals surface area contributed by atoms with Gasteiger partial charge in [0.05, 0.1) is 6.04 Å². The molecule has 0 spiro atoms. The molecule has 0 fully saturated rings. The molecule has 1 atom stereocenters. The number of nitrogens with zero attached hydrogens (tertiary/aromatic N) is 1. The van der Waals surface area contributed by atoms with Gasteiger partial charge in [-0.3, -0.25) is 9.59 Å². The fourth-order valence-corrected chi connectivity index (χ4v) is 3.82. The number of hydrogen-bond acceptors (Lipinski definition) is 3. The predicted molar refractivity (Wildman–Crippen MR) is 88.2 cm³/mol. The quantitative estimate of drug-likeness (QED) is 0.943. The van der Waals surface area contributed by atoms with Crippen molar-refractivity contribution >= 4 is 17.2 Å². The molecular formula is C17H20N2O2S. The highest BCUT2D eigenvalue weighted by Gasteiger charge is 2.21. The van der Waals surface area contributed by atoms with E-state index in [4.69, 9.17) is 0 Å². The van der Waals surface area contributed by atoms with Gasteiger partial charge in [-0.15, -0.1) is 0 Å². The number of thiazole rings is 1. The highest BCUT2D eigenvalue weighted by atomic mass is 32.1. The summed E-state index contributed by atoms with van der Waals surface area (Å²) in [5.74, 6) is 0.0132. The summed E-state index contributed by atoms with van der Waals surface area (Å²) in [4.78, 5) is 23.9. The summed E-state index contributed by atoms with van der Waals surface area (Å²) in [6.07, 6.45) is 3.52. The van der Waals surface area contributed by atoms with Crippen molar-refractivity contribution in [1.82, 2.24) is 9.88 Å². The fourth-order valence-electron chi connectivity index (χ4n) is 3.06. The first-order valence-electron chi connectivity index (χ1n) is 7.67. The minimum atomic E-state index is 0.00770. The van der Waals surface area contributed by atoms with Crippen LogP contribution in [-0.4, -0.2) is 10.5 Å². The normalized spacial score (nSPS) is 17.0. The zero-order chi connectivity index (χ0) is 15.5. The largest absolute Gasteiger partial charge is 0.349 e. The molecule has 0 radical (unpaired) electrons. The van der Waals surface area contributed by atoms with E-state index in [-0.39, 0.29) is 16.8 Å². The lowest BCUT2D eigenvalue weighted by molar-refractivity contribution is -0.122. The van der Waals surface area contributed by atoms with Gasteiger partial charge in [-0.05, 0) is 37.3 Å². The maximum atomic E-state index is 12.2. The Morgan fingerprint density at radius 1 is 1.41 bits per heavy atom. The van der Waals surface area contributed by atoms with Crippen molar-refractivity contribution in [2.75, 3.05) is 0 Å². The van der Waals surface area contributed by atoms with Gasteiger partial charge in [-0.1, -0.05) is 35.6 Å². The van der Waals surface area contributed by atoms with Crippen LogP contribution in [0.25, 0.3) is 0 Å². The third kappa shape index (κ3) is 3.14. The van der Waals surface area contributed by atoms with E-state index in [0.717, 1.165) is 25.0 Å². The Morgan fingerprint density at radius 3 is 3.00 bits per heavy atom. The van der Waals surface area contributed by atoms with Gasteiger partial charge >= 0.3 is 4.87 Å². The second-order valence-electron chi connectivity index (χ2n) is 5.76. The zero-order valence-corrected chi connectivity index (χ0v) is 13.5. The van der Waals surface area contributed by atoms with Gasteiger partial charge < -0.3 is 9.88 Å². The van der Waals surface area contributed by atoms with Crippen LogP contribution in [0.3, 0.4) is 0 Å². The molecular weight excluding hydrogens is 296 g/mol. The van der Waals surface area contributed by atoms with Crippen LogP contribution in [0.1, 0.15) is 42.1 Å². The van der Waals surface area contributed by atoms with E-state index >= 15 is 0 Å². The van der Waals surface area contributed by atoms with Crippen molar-refractivity contribution in [2.45, 2.75) is 45.2 Å². The first kappa shape index (κ1) is 15.0. The summed E-state index contributed by atoms with van der Waals surface area (Å²) >= 11 is 1.18. The first-order chi connectivity index (χ1) is 10.6. The SMILES string of the molecule is Cc1csc(=O)n1CCC(=O)N[C@@H]1CCCc2ccccc21. The third-order valence-corrected chi connectivity index (χ3v) is 5.12. The van der Waals surface area contributed by atoms with Crippen molar-refractivity contribution in [3.63, 3.8) is 0 Å². The molecule has 1 N–H and O–H groups in total. The Morgan fingerprint density at radius 2 is 2.23 bits per heavy atom. The van der Waals surface area contributed by atoms with E-state index in [2.05, 4.69) is 23.5 Å². The number of aromatic nitrogens is 1. The van der Waals surface area contributed by atoms with Gasteiger partial charge in [-0.2, -0.15) is 0 Å². The molecule has 0 unspecified atom stereocenters. The minimum absolute atomic E-state index is 0.00770. The van der Waals surface area contributed by atoms with Crippen LogP contribution in [0.2, 0.25) is 0 Å². The van der Waals surface area contributed by atoms with Crippen LogP contribution in [-0.2, 0) is 17.8 Å². The number of hydrogen-bond donors (Lipinski definition) is 1. The number of fused-ring (bicyclic) bond motifs is 1. The monoisotopic (exact) mass is 316 g/mol. The molecule has 4 nitrogen and oxygen atoms in total. The Kier molecular flexibility index (Phi) is 4.43. The summed E-state index contributed by atoms with van der Waals surface area (Å²) in [5, 5.41) is 4.96. The summed E-state index contributed by atoms with van der Waals surface area (Å²) < 4.78 is 1.67. The fraction of sp³-hybridized carbons (Fsp3) is 0.412. The number of aryl methyl sites for hydroxylation is 2. The van der Waals surface area contributed by atoms with E-state index in [0.29, 0.717) is 13.0 Å². The number of carbonyl (C=O) groups excluding carboxylic acids is 1. The van der Waals surface area contributed by atoms with Crippen LogP contribution in [0.15, 0.2) is 34.4 Å². The second-order valence-corrected chi connectivity index (χ2v) is 6.58. The van der Waals surface area contributed by atoms with Crippen LogP contribution < -0.4 is 10.2 Å². The average molecular weight is 316 g/mol. The van der Waals surface area contributed by atoms with Gasteiger partial charge in [0.15, 0.2) is 0 Å². The maximum absolute atomic E-state index is 12.2. The molecule has 1 aromatic carbocycles. The van der Waals surface area contributed by atoms with E-state index in [1.165, 1.54) is 22.5 Å². The molecule has 3 rings (SSSR count). The first-order valence-corrected chi connectivity index (χ1v) is 8.55. The van der Waals surface area contributed by atoms with E-state index in [9.17, 15) is 9.59 Å². The summed E-state index contributed by atoms with van der Waals surface area (Å²) in [6.45, 7) is 2.35. The number of rotatable bonds is 4. The Labute approximate surface area is 133 Å². The molecule has 0 saturated carbocycles. The number of nitrogens with one attached hydrogen (secondary N) is 1. The van der Waals surface area contributed by atoms with E-state index < -0.39 is 0 Å². The molecule has 0 bridgehead atoms. The van der Waals surface area contributed by atoms with Crippen molar-refractivity contribution < 1.29 is 4.79 Å². The highest BCUT2D eigenvalue weighted by molar-refractivity contribution is 7.07. The topological polar surface area (TPSA) is 51.1 Å². The lowest BCUT2D eigenvalue weighted by Gasteiger charge is -2.26. The summed E-state index contributed by atoms with van der Waals surface area (Å²) in [6, 6.07) is 8.43. The maximum Gasteiger partial charge on any atom is 0.307 e. The van der Waals surface area contributed by atoms with E-state index in [1.54, 1.807) is 4.57 Å². The Bertz CT molecular complexity index is 732. The van der Waals surface area contributed by atoms with Gasteiger partial charge in [0, 0.05) is 24.0 Å².